The summed E-state index contributed by atoms with van der Waals surface area (Å²) in [5, 5.41) is 9.33. The molecule has 0 aromatic carbocycles. The molecule has 0 bridgehead atoms. The Hall–Kier alpha value is 0.500. The molecule has 2 fully saturated rings. The third-order valence-electron chi connectivity index (χ3n) is 4.63. The molecule has 138 valence electrons. The van der Waals surface area contributed by atoms with Gasteiger partial charge >= 0.3 is 0 Å². The lowest BCUT2D eigenvalue weighted by molar-refractivity contribution is 0.110. The van der Waals surface area contributed by atoms with Crippen LogP contribution in [0.15, 0.2) is 0 Å². The van der Waals surface area contributed by atoms with Crippen molar-refractivity contribution in [1.29, 1.82) is 5.26 Å². The summed E-state index contributed by atoms with van der Waals surface area (Å²) in [6.45, 7) is 11.5. The number of nitrogens with zero attached hydrogens (tertiary/aromatic N) is 2. The zero-order valence-corrected chi connectivity index (χ0v) is 18.1. The molecule has 0 radical (unpaired) electrons. The van der Waals surface area contributed by atoms with Crippen LogP contribution in [-0.2, 0) is 9.05 Å². The highest BCUT2D eigenvalue weighted by molar-refractivity contribution is 8.77. The van der Waals surface area contributed by atoms with Crippen LogP contribution in [0.3, 0.4) is 0 Å². The first-order chi connectivity index (χ1) is 11.4. The van der Waals surface area contributed by atoms with Crippen LogP contribution < -0.4 is 0 Å². The van der Waals surface area contributed by atoms with Crippen LogP contribution in [0.5, 0.6) is 0 Å². The molecule has 0 aromatic heterocycles. The van der Waals surface area contributed by atoms with Gasteiger partial charge in [-0.1, -0.05) is 34.4 Å². The molecular weight excluding hydrogens is 359 g/mol. The number of rotatable bonds is 8. The van der Waals surface area contributed by atoms with Crippen LogP contribution in [0.25, 0.3) is 0 Å². The van der Waals surface area contributed by atoms with Gasteiger partial charge in [-0.2, -0.15) is 5.26 Å². The Bertz CT molecular complexity index is 431. The third kappa shape index (κ3) is 4.81. The molecule has 0 N–H and O–H groups in total. The lowest BCUT2D eigenvalue weighted by atomic mass is 9.97. The highest BCUT2D eigenvalue weighted by Crippen LogP contribution is 2.62. The molecule has 1 aliphatic carbocycles. The van der Waals surface area contributed by atoms with E-state index in [1.165, 1.54) is 25.7 Å². The van der Waals surface area contributed by atoms with Crippen molar-refractivity contribution >= 4 is 30.1 Å². The van der Waals surface area contributed by atoms with E-state index >= 15 is 0 Å². The van der Waals surface area contributed by atoms with Gasteiger partial charge in [-0.15, -0.1) is 0 Å². The Morgan fingerprint density at radius 2 is 1.88 bits per heavy atom. The summed E-state index contributed by atoms with van der Waals surface area (Å²) < 4.78 is 15.4. The average Bonchev–Trinajstić information content (AvgIpc) is 3.09. The maximum Gasteiger partial charge on any atom is 0.259 e. The average molecular weight is 391 g/mol. The fraction of sp³-hybridized carbons (Fsp3) is 0.941. The van der Waals surface area contributed by atoms with Crippen LogP contribution in [0.2, 0.25) is 0 Å². The summed E-state index contributed by atoms with van der Waals surface area (Å²) in [5.41, 5.74) is 0. The monoisotopic (exact) mass is 390 g/mol. The quantitative estimate of drug-likeness (QED) is 0.299. The fourth-order valence-electron chi connectivity index (χ4n) is 3.61. The molecule has 24 heavy (non-hydrogen) atoms. The second-order valence-corrected chi connectivity index (χ2v) is 11.6. The summed E-state index contributed by atoms with van der Waals surface area (Å²) >= 11 is 0. The van der Waals surface area contributed by atoms with Crippen LogP contribution in [0, 0.1) is 11.3 Å². The van der Waals surface area contributed by atoms with Crippen LogP contribution in [0.1, 0.15) is 66.7 Å². The predicted octanol–water partition coefficient (Wildman–Crippen LogP) is 5.74. The number of hydrogen-bond donors (Lipinski definition) is 0. The minimum absolute atomic E-state index is 0.239. The first-order valence-electron chi connectivity index (χ1n) is 9.01. The third-order valence-corrected chi connectivity index (χ3v) is 10.6. The zero-order valence-electron chi connectivity index (χ0n) is 15.5. The maximum atomic E-state index is 8.85. The van der Waals surface area contributed by atoms with Crippen molar-refractivity contribution in [2.24, 2.45) is 0 Å². The SMILES string of the molecule is CC(C)N(C(C)C)P(OCCC#N)O[C@@H]1[C@@H](C)SSC12CCCC2. The van der Waals surface area contributed by atoms with Gasteiger partial charge in [0.25, 0.3) is 8.53 Å². The van der Waals surface area contributed by atoms with Crippen molar-refractivity contribution in [3.8, 4) is 6.07 Å². The van der Waals surface area contributed by atoms with Crippen LogP contribution >= 0.6 is 30.1 Å². The van der Waals surface area contributed by atoms with Gasteiger partial charge in [0.05, 0.1) is 29.9 Å². The first-order valence-corrected chi connectivity index (χ1v) is 12.3. The summed E-state index contributed by atoms with van der Waals surface area (Å²) in [7, 11) is 2.88. The summed E-state index contributed by atoms with van der Waals surface area (Å²) in [6.07, 6.45) is 5.79. The second kappa shape index (κ2) is 9.44. The van der Waals surface area contributed by atoms with E-state index in [-0.39, 0.29) is 10.9 Å². The van der Waals surface area contributed by atoms with Gasteiger partial charge in [-0.3, -0.25) is 0 Å². The van der Waals surface area contributed by atoms with E-state index in [2.05, 4.69) is 45.4 Å². The van der Waals surface area contributed by atoms with Crippen molar-refractivity contribution < 1.29 is 9.05 Å². The van der Waals surface area contributed by atoms with Gasteiger partial charge in [0, 0.05) is 17.3 Å². The molecule has 1 aliphatic heterocycles. The fourth-order valence-corrected chi connectivity index (χ4v) is 9.42. The Balaban J connectivity index is 2.15. The minimum atomic E-state index is -1.14. The number of nitriles is 1. The Kier molecular flexibility index (Phi) is 8.18. The molecule has 3 atom stereocenters. The van der Waals surface area contributed by atoms with Gasteiger partial charge in [0.15, 0.2) is 0 Å². The van der Waals surface area contributed by atoms with Gasteiger partial charge in [-0.05, 0) is 47.5 Å². The van der Waals surface area contributed by atoms with Gasteiger partial charge in [0.2, 0.25) is 0 Å². The molecule has 1 heterocycles. The van der Waals surface area contributed by atoms with Crippen molar-refractivity contribution in [3.05, 3.63) is 0 Å². The molecule has 1 saturated heterocycles. The lowest BCUT2D eigenvalue weighted by Crippen LogP contribution is -2.41. The van der Waals surface area contributed by atoms with E-state index in [1.54, 1.807) is 0 Å². The molecule has 1 unspecified atom stereocenters. The van der Waals surface area contributed by atoms with Crippen molar-refractivity contribution in [2.45, 2.75) is 94.9 Å². The van der Waals surface area contributed by atoms with E-state index < -0.39 is 8.53 Å². The van der Waals surface area contributed by atoms with E-state index in [0.717, 1.165) is 0 Å². The maximum absolute atomic E-state index is 8.85. The number of hydrogen-bond acceptors (Lipinski definition) is 6. The van der Waals surface area contributed by atoms with Gasteiger partial charge in [0.1, 0.15) is 0 Å². The molecule has 1 saturated carbocycles. The highest BCUT2D eigenvalue weighted by Gasteiger charge is 2.52. The summed E-state index contributed by atoms with van der Waals surface area (Å²) in [6, 6.07) is 2.89. The molecule has 0 aromatic rings. The predicted molar refractivity (Wildman–Crippen MR) is 106 cm³/mol. The summed E-state index contributed by atoms with van der Waals surface area (Å²) in [5.74, 6) is 0. The standard InChI is InChI=1S/C17H31N2O2PS2/c1-13(2)19(14(3)4)22(20-12-8-11-18)21-16-15(5)23-24-17(16)9-6-7-10-17/h13-16H,6-10,12H2,1-5H3/t15-,16-,22?/m1/s1. The van der Waals surface area contributed by atoms with E-state index in [0.29, 0.717) is 30.4 Å². The van der Waals surface area contributed by atoms with E-state index in [9.17, 15) is 0 Å². The van der Waals surface area contributed by atoms with Crippen LogP contribution in [-0.4, -0.2) is 39.5 Å². The molecule has 1 spiro atoms. The van der Waals surface area contributed by atoms with E-state index in [1.807, 2.05) is 21.6 Å². The topological polar surface area (TPSA) is 45.5 Å². The van der Waals surface area contributed by atoms with Gasteiger partial charge in [-0.25, -0.2) is 4.67 Å². The minimum Gasteiger partial charge on any atom is -0.321 e. The molecular formula is C17H31N2O2PS2. The normalized spacial score (nSPS) is 27.5. The van der Waals surface area contributed by atoms with E-state index in [4.69, 9.17) is 14.3 Å². The van der Waals surface area contributed by atoms with Crippen molar-refractivity contribution in [3.63, 3.8) is 0 Å². The zero-order chi connectivity index (χ0) is 17.7. The smallest absolute Gasteiger partial charge is 0.259 e. The second-order valence-electron chi connectivity index (χ2n) is 7.23. The van der Waals surface area contributed by atoms with Gasteiger partial charge < -0.3 is 9.05 Å². The van der Waals surface area contributed by atoms with Crippen molar-refractivity contribution in [1.82, 2.24) is 4.67 Å². The first kappa shape index (κ1) is 20.8. The molecule has 2 aliphatic rings. The van der Waals surface area contributed by atoms with Crippen molar-refractivity contribution in [2.75, 3.05) is 6.61 Å². The molecule has 2 rings (SSSR count). The Labute approximate surface area is 156 Å². The molecule has 7 heteroatoms. The van der Waals surface area contributed by atoms with Crippen LogP contribution in [0.4, 0.5) is 0 Å². The lowest BCUT2D eigenvalue weighted by Gasteiger charge is -2.40. The highest BCUT2D eigenvalue weighted by atomic mass is 33.1. The summed E-state index contributed by atoms with van der Waals surface area (Å²) in [4.78, 5) is 0. The Morgan fingerprint density at radius 1 is 1.25 bits per heavy atom. The molecule has 0 amide bonds. The largest absolute Gasteiger partial charge is 0.321 e. The molecule has 4 nitrogen and oxygen atoms in total. The Morgan fingerprint density at radius 3 is 2.42 bits per heavy atom.